The van der Waals surface area contributed by atoms with Crippen LogP contribution in [0.5, 0.6) is 0 Å². The largest absolute Gasteiger partial charge is 0.384 e. The Morgan fingerprint density at radius 2 is 2.05 bits per heavy atom. The van der Waals surface area contributed by atoms with E-state index in [1.165, 1.54) is 5.56 Å². The molecule has 0 bridgehead atoms. The van der Waals surface area contributed by atoms with Gasteiger partial charge in [0, 0.05) is 11.8 Å². The van der Waals surface area contributed by atoms with Crippen molar-refractivity contribution >= 4 is 21.7 Å². The fourth-order valence-corrected chi connectivity index (χ4v) is 2.51. The molecule has 3 N–H and O–H groups in total. The van der Waals surface area contributed by atoms with Crippen molar-refractivity contribution in [2.75, 3.05) is 12.8 Å². The molecule has 0 saturated heterocycles. The van der Waals surface area contributed by atoms with E-state index in [1.54, 1.807) is 6.08 Å². The van der Waals surface area contributed by atoms with E-state index < -0.39 is 16.3 Å². The minimum absolute atomic E-state index is 0.129. The highest BCUT2D eigenvalue weighted by molar-refractivity contribution is 7.86. The van der Waals surface area contributed by atoms with Crippen LogP contribution in [0, 0.1) is 13.8 Å². The third-order valence-electron chi connectivity index (χ3n) is 3.16. The highest BCUT2D eigenvalue weighted by Crippen LogP contribution is 2.18. The van der Waals surface area contributed by atoms with Crippen molar-refractivity contribution in [1.29, 1.82) is 0 Å². The summed E-state index contributed by atoms with van der Waals surface area (Å²) in [5.41, 5.74) is 9.69. The third-order valence-corrected chi connectivity index (χ3v) is 3.74. The smallest absolute Gasteiger partial charge is 0.266 e. The Morgan fingerprint density at radius 1 is 1.33 bits per heavy atom. The topological polar surface area (TPSA) is 93.8 Å². The number of nitrogens with two attached hydrogens (primary N) is 1. The van der Waals surface area contributed by atoms with Gasteiger partial charge in [0.25, 0.3) is 10.1 Å². The first kappa shape index (κ1) is 15.5. The van der Waals surface area contributed by atoms with Crippen molar-refractivity contribution in [3.8, 4) is 0 Å². The molecule has 0 radical (unpaired) electrons. The molecule has 0 saturated carbocycles. The van der Waals surface area contributed by atoms with Crippen molar-refractivity contribution in [2.24, 2.45) is 10.7 Å². The molecule has 21 heavy (non-hydrogen) atoms. The van der Waals surface area contributed by atoms with E-state index in [1.807, 2.05) is 32.0 Å². The van der Waals surface area contributed by atoms with Gasteiger partial charge in [-0.15, -0.1) is 0 Å². The molecule has 0 aliphatic carbocycles. The van der Waals surface area contributed by atoms with E-state index in [0.717, 1.165) is 17.4 Å². The molecule has 1 heterocycles. The van der Waals surface area contributed by atoms with Crippen LogP contribution in [0.1, 0.15) is 16.7 Å². The van der Waals surface area contributed by atoms with Gasteiger partial charge in [0.1, 0.15) is 5.84 Å². The molecular weight excluding hydrogens is 290 g/mol. The number of nitrogens with one attached hydrogen (secondary N) is 1. The van der Waals surface area contributed by atoms with Crippen molar-refractivity contribution in [3.63, 3.8) is 0 Å². The number of hydrogen-bond acceptors (Lipinski definition) is 6. The fourth-order valence-electron chi connectivity index (χ4n) is 1.98. The van der Waals surface area contributed by atoms with Crippen molar-refractivity contribution in [3.05, 3.63) is 41.0 Å². The zero-order valence-electron chi connectivity index (χ0n) is 12.3. The van der Waals surface area contributed by atoms with Crippen LogP contribution in [0.3, 0.4) is 0 Å². The lowest BCUT2D eigenvalue weighted by atomic mass is 10.0. The number of benzene rings is 1. The summed E-state index contributed by atoms with van der Waals surface area (Å²) in [6.07, 6.45) is 1.91. The molecule has 2 rings (SSSR count). The first-order valence-corrected chi connectivity index (χ1v) is 8.30. The van der Waals surface area contributed by atoms with Crippen LogP contribution < -0.4 is 11.1 Å². The summed E-state index contributed by atoms with van der Waals surface area (Å²) in [6.45, 7) is 4.17. The maximum Gasteiger partial charge on any atom is 0.266 e. The third kappa shape index (κ3) is 4.30. The molecule has 6 nitrogen and oxygen atoms in total. The summed E-state index contributed by atoms with van der Waals surface area (Å²) in [7, 11) is -3.58. The molecule has 1 aliphatic rings. The second-order valence-corrected chi connectivity index (χ2v) is 6.66. The van der Waals surface area contributed by atoms with Gasteiger partial charge in [-0.3, -0.25) is 4.99 Å². The van der Waals surface area contributed by atoms with Gasteiger partial charge in [0.15, 0.2) is 6.23 Å². The van der Waals surface area contributed by atoms with Crippen molar-refractivity contribution in [1.82, 2.24) is 5.32 Å². The number of hydrogen-bond donors (Lipinski definition) is 2. The van der Waals surface area contributed by atoms with E-state index >= 15 is 0 Å². The Hall–Kier alpha value is -1.86. The Kier molecular flexibility index (Phi) is 4.34. The van der Waals surface area contributed by atoms with Crippen LogP contribution in [0.4, 0.5) is 0 Å². The van der Waals surface area contributed by atoms with E-state index in [2.05, 4.69) is 10.3 Å². The van der Waals surface area contributed by atoms with Gasteiger partial charge in [-0.25, -0.2) is 4.18 Å². The number of rotatable bonds is 3. The minimum Gasteiger partial charge on any atom is -0.384 e. The Morgan fingerprint density at radius 3 is 2.67 bits per heavy atom. The Balaban J connectivity index is 2.32. The molecule has 1 unspecified atom stereocenters. The van der Waals surface area contributed by atoms with Gasteiger partial charge in [-0.2, -0.15) is 8.42 Å². The van der Waals surface area contributed by atoms with Crippen LogP contribution in [0.15, 0.2) is 29.3 Å². The van der Waals surface area contributed by atoms with E-state index in [0.29, 0.717) is 11.5 Å². The van der Waals surface area contributed by atoms with Gasteiger partial charge in [-0.1, -0.05) is 12.1 Å². The maximum absolute atomic E-state index is 11.3. The predicted molar refractivity (Wildman–Crippen MR) is 83.2 cm³/mol. The summed E-state index contributed by atoms with van der Waals surface area (Å²) < 4.78 is 27.5. The van der Waals surface area contributed by atoms with Gasteiger partial charge in [0.2, 0.25) is 0 Å². The summed E-state index contributed by atoms with van der Waals surface area (Å²) >= 11 is 0. The zero-order chi connectivity index (χ0) is 15.6. The van der Waals surface area contributed by atoms with Crippen LogP contribution in [0.2, 0.25) is 0 Å². The normalized spacial score (nSPS) is 19.3. The lowest BCUT2D eigenvalue weighted by Gasteiger charge is -2.18. The molecule has 7 heteroatoms. The Labute approximate surface area is 124 Å². The molecule has 0 fully saturated rings. The monoisotopic (exact) mass is 309 g/mol. The molecular formula is C14H19N3O3S. The van der Waals surface area contributed by atoms with Gasteiger partial charge in [0.05, 0.1) is 12.8 Å². The van der Waals surface area contributed by atoms with Crippen LogP contribution in [-0.2, 0) is 14.3 Å². The van der Waals surface area contributed by atoms with Gasteiger partial charge in [-0.05, 0) is 36.6 Å². The number of aryl methyl sites for hydroxylation is 2. The molecule has 0 spiro atoms. The lowest BCUT2D eigenvalue weighted by molar-refractivity contribution is 0.203. The maximum atomic E-state index is 11.3. The quantitative estimate of drug-likeness (QED) is 0.809. The van der Waals surface area contributed by atoms with Crippen molar-refractivity contribution < 1.29 is 12.6 Å². The first-order valence-electron chi connectivity index (χ1n) is 6.48. The van der Waals surface area contributed by atoms with Crippen molar-refractivity contribution in [2.45, 2.75) is 20.1 Å². The Bertz CT molecular complexity index is 708. The lowest BCUT2D eigenvalue weighted by Crippen LogP contribution is -2.34. The number of nitrogens with zero attached hydrogens (tertiary/aromatic N) is 1. The highest BCUT2D eigenvalue weighted by Gasteiger charge is 2.19. The number of aliphatic imine (C=N–C) groups is 1. The number of amidine groups is 1. The summed E-state index contributed by atoms with van der Waals surface area (Å²) in [4.78, 5) is 4.07. The fraction of sp³-hybridized carbons (Fsp3) is 0.357. The van der Waals surface area contributed by atoms with Crippen LogP contribution in [-0.4, -0.2) is 33.3 Å². The highest BCUT2D eigenvalue weighted by atomic mass is 32.2. The van der Waals surface area contributed by atoms with E-state index in [4.69, 9.17) is 9.92 Å². The molecule has 0 aromatic heterocycles. The summed E-state index contributed by atoms with van der Waals surface area (Å²) in [5, 5.41) is 3.03. The molecule has 1 aliphatic heterocycles. The zero-order valence-corrected chi connectivity index (χ0v) is 13.1. The van der Waals surface area contributed by atoms with Crippen LogP contribution >= 0.6 is 0 Å². The molecule has 1 aromatic carbocycles. The first-order chi connectivity index (χ1) is 9.74. The summed E-state index contributed by atoms with van der Waals surface area (Å²) in [6, 6.07) is 5.94. The average Bonchev–Trinajstić information content (AvgIpc) is 2.53. The average molecular weight is 309 g/mol. The summed E-state index contributed by atoms with van der Waals surface area (Å²) in [5.74, 6) is 0.329. The second kappa shape index (κ2) is 5.87. The van der Waals surface area contributed by atoms with E-state index in [-0.39, 0.29) is 6.54 Å². The minimum atomic E-state index is -3.58. The van der Waals surface area contributed by atoms with Crippen LogP contribution in [0.25, 0.3) is 5.70 Å². The molecule has 0 amide bonds. The van der Waals surface area contributed by atoms with E-state index in [9.17, 15) is 8.42 Å². The second-order valence-electron chi connectivity index (χ2n) is 5.06. The molecule has 1 atom stereocenters. The molecule has 114 valence electrons. The molecule has 1 aromatic rings. The van der Waals surface area contributed by atoms with Gasteiger partial charge >= 0.3 is 0 Å². The standard InChI is InChI=1S/C14H19N3O3S/c1-9-4-5-11(6-10(9)2)12-7-13(15)16-8-14(17-12)20-21(3,18)19/h4-7,14,17H,8H2,1-3H3,(H2,15,16). The van der Waals surface area contributed by atoms with Gasteiger partial charge < -0.3 is 11.1 Å². The SMILES string of the molecule is Cc1ccc(C2=CC(N)=NCC(OS(C)(=O)=O)N2)cc1C. The predicted octanol–water partition coefficient (Wildman–Crippen LogP) is 0.907.